The Balaban J connectivity index is 1.37. The lowest BCUT2D eigenvalue weighted by Gasteiger charge is -2.51. The van der Waals surface area contributed by atoms with Gasteiger partial charge < -0.3 is 24.8 Å². The molecule has 2 N–H and O–H groups in total. The largest absolute Gasteiger partial charge is 0.487 e. The lowest BCUT2D eigenvalue weighted by Crippen LogP contribution is -2.56. The summed E-state index contributed by atoms with van der Waals surface area (Å²) in [6.45, 7) is 9.78. The first kappa shape index (κ1) is 32.8. The zero-order chi connectivity index (χ0) is 31.5. The van der Waals surface area contributed by atoms with E-state index in [4.69, 9.17) is 21.1 Å². The first-order valence-electron chi connectivity index (χ1n) is 16.4. The molecule has 0 aliphatic carbocycles. The van der Waals surface area contributed by atoms with Gasteiger partial charge >= 0.3 is 0 Å². The number of nitrogens with one attached hydrogen (secondary N) is 1. The van der Waals surface area contributed by atoms with Crippen molar-refractivity contribution in [1.82, 2.24) is 10.2 Å². The molecule has 2 aromatic carbocycles. The van der Waals surface area contributed by atoms with Gasteiger partial charge in [0.05, 0.1) is 30.1 Å². The monoisotopic (exact) mass is 624 g/mol. The number of benzene rings is 2. The molecule has 3 heterocycles. The van der Waals surface area contributed by atoms with E-state index in [9.17, 15) is 14.7 Å². The van der Waals surface area contributed by atoms with Crippen LogP contribution >= 0.6 is 11.6 Å². The lowest BCUT2D eigenvalue weighted by molar-refractivity contribution is -0.186. The van der Waals surface area contributed by atoms with Crippen molar-refractivity contribution in [3.8, 4) is 5.75 Å². The number of aryl methyl sites for hydroxylation is 1. The highest BCUT2D eigenvalue weighted by molar-refractivity contribution is 6.30. The number of halogens is 1. The van der Waals surface area contributed by atoms with Crippen molar-refractivity contribution in [2.45, 2.75) is 90.4 Å². The van der Waals surface area contributed by atoms with Gasteiger partial charge in [0, 0.05) is 36.1 Å². The lowest BCUT2D eigenvalue weighted by atomic mass is 9.70. The summed E-state index contributed by atoms with van der Waals surface area (Å²) in [5.41, 5.74) is 1.15. The molecular weight excluding hydrogens is 576 g/mol. The highest BCUT2D eigenvalue weighted by atomic mass is 35.5. The molecule has 0 spiro atoms. The quantitative estimate of drug-likeness (QED) is 0.321. The van der Waals surface area contributed by atoms with Crippen LogP contribution in [-0.2, 0) is 20.7 Å². The molecule has 7 nitrogen and oxygen atoms in total. The van der Waals surface area contributed by atoms with Gasteiger partial charge in [0.1, 0.15) is 11.4 Å². The van der Waals surface area contributed by atoms with Gasteiger partial charge in [-0.3, -0.25) is 9.59 Å². The van der Waals surface area contributed by atoms with Gasteiger partial charge in [-0.2, -0.15) is 0 Å². The van der Waals surface area contributed by atoms with Crippen LogP contribution in [0.5, 0.6) is 5.75 Å². The Morgan fingerprint density at radius 3 is 2.52 bits per heavy atom. The number of carbonyl (C=O) groups is 2. The number of hydrogen-bond acceptors (Lipinski definition) is 5. The zero-order valence-electron chi connectivity index (χ0n) is 26.7. The van der Waals surface area contributed by atoms with Crippen molar-refractivity contribution in [2.75, 3.05) is 26.2 Å². The molecule has 4 atom stereocenters. The van der Waals surface area contributed by atoms with Gasteiger partial charge in [0.2, 0.25) is 11.8 Å². The minimum atomic E-state index is -0.521. The van der Waals surface area contributed by atoms with Gasteiger partial charge in [0.25, 0.3) is 0 Å². The van der Waals surface area contributed by atoms with E-state index in [0.717, 1.165) is 37.0 Å². The van der Waals surface area contributed by atoms with Gasteiger partial charge in [-0.25, -0.2) is 0 Å². The molecule has 2 aromatic rings. The fraction of sp³-hybridized carbons (Fsp3) is 0.611. The van der Waals surface area contributed by atoms with Gasteiger partial charge in [-0.1, -0.05) is 55.8 Å². The second-order valence-corrected chi connectivity index (χ2v) is 14.4. The number of amides is 2. The fourth-order valence-corrected chi connectivity index (χ4v) is 7.62. The predicted molar refractivity (Wildman–Crippen MR) is 173 cm³/mol. The molecule has 8 heteroatoms. The molecule has 2 amide bonds. The number of ether oxygens (including phenoxy) is 2. The van der Waals surface area contributed by atoms with E-state index in [1.807, 2.05) is 41.3 Å². The molecule has 3 aliphatic rings. The summed E-state index contributed by atoms with van der Waals surface area (Å²) in [5, 5.41) is 12.9. The number of aliphatic hydroxyl groups is 1. The number of carbonyl (C=O) groups excluding carboxylic acids is 2. The molecule has 2 saturated heterocycles. The van der Waals surface area contributed by atoms with E-state index in [2.05, 4.69) is 45.1 Å². The number of aliphatic hydroxyl groups excluding tert-OH is 1. The predicted octanol–water partition coefficient (Wildman–Crippen LogP) is 6.36. The van der Waals surface area contributed by atoms with Crippen molar-refractivity contribution in [3.05, 3.63) is 64.7 Å². The molecule has 0 radical (unpaired) electrons. The van der Waals surface area contributed by atoms with Crippen LogP contribution in [-0.4, -0.2) is 59.8 Å². The maximum Gasteiger partial charge on any atom is 0.228 e. The Morgan fingerprint density at radius 1 is 1.11 bits per heavy atom. The molecule has 0 unspecified atom stereocenters. The highest BCUT2D eigenvalue weighted by Gasteiger charge is 2.53. The third-order valence-electron chi connectivity index (χ3n) is 10.2. The van der Waals surface area contributed by atoms with E-state index in [1.165, 1.54) is 5.56 Å². The summed E-state index contributed by atoms with van der Waals surface area (Å²) in [6, 6.07) is 16.1. The van der Waals surface area contributed by atoms with Crippen molar-refractivity contribution in [1.29, 1.82) is 0 Å². The van der Waals surface area contributed by atoms with E-state index in [-0.39, 0.29) is 49.0 Å². The number of rotatable bonds is 10. The number of nitrogens with zero attached hydrogens (tertiary/aromatic N) is 1. The molecule has 44 heavy (non-hydrogen) atoms. The third-order valence-corrected chi connectivity index (χ3v) is 10.4. The van der Waals surface area contributed by atoms with Crippen LogP contribution in [0.2, 0.25) is 5.02 Å². The summed E-state index contributed by atoms with van der Waals surface area (Å²) in [7, 11) is 0. The fourth-order valence-electron chi connectivity index (χ4n) is 7.44. The van der Waals surface area contributed by atoms with E-state index < -0.39 is 11.0 Å². The van der Waals surface area contributed by atoms with Crippen LogP contribution in [0.25, 0.3) is 0 Å². The average molecular weight is 625 g/mol. The maximum atomic E-state index is 14.4. The van der Waals surface area contributed by atoms with E-state index >= 15 is 0 Å². The first-order valence-corrected chi connectivity index (χ1v) is 16.8. The standard InChI is InChI=1S/C36H49ClN2O5/c1-24(2)14-15-36(34(42)38-18-21-40)16-19-39(20-17-36)33(41)28-23-29-32(43-30(28)12-10-25-8-6-5-7-9-25)27-22-26(37)11-13-31(27)44-35(29,3)4/h5-9,11,13,22,24,28-30,32,40H,10,12,14-21,23H2,1-4H3,(H,38,42)/t28-,29-,30-,32+/m1/s1. The molecule has 0 aromatic heterocycles. The van der Waals surface area contributed by atoms with Crippen molar-refractivity contribution in [3.63, 3.8) is 0 Å². The van der Waals surface area contributed by atoms with Crippen LogP contribution in [0.1, 0.15) is 83.5 Å². The number of fused-ring (bicyclic) bond motifs is 3. The summed E-state index contributed by atoms with van der Waals surface area (Å²) >= 11 is 6.44. The summed E-state index contributed by atoms with van der Waals surface area (Å²) in [5.74, 6) is 1.06. The Kier molecular flexibility index (Phi) is 10.3. The van der Waals surface area contributed by atoms with E-state index in [0.29, 0.717) is 43.3 Å². The molecule has 240 valence electrons. The Hall–Kier alpha value is -2.61. The molecular formula is C36H49ClN2O5. The summed E-state index contributed by atoms with van der Waals surface area (Å²) < 4.78 is 13.5. The van der Waals surface area contributed by atoms with Crippen LogP contribution in [0.4, 0.5) is 0 Å². The first-order chi connectivity index (χ1) is 21.0. The summed E-state index contributed by atoms with van der Waals surface area (Å²) in [6.07, 6.45) is 4.72. The Bertz CT molecular complexity index is 1290. The zero-order valence-corrected chi connectivity index (χ0v) is 27.4. The van der Waals surface area contributed by atoms with Crippen LogP contribution in [0, 0.1) is 23.2 Å². The number of hydrogen-bond donors (Lipinski definition) is 2. The van der Waals surface area contributed by atoms with Crippen molar-refractivity contribution < 1.29 is 24.2 Å². The molecule has 3 aliphatic heterocycles. The SMILES string of the molecule is CC(C)CCC1(C(=O)NCCO)CCN(C(=O)[C@@H]2C[C@@H]3[C@@H](O[C@@H]2CCc2ccccc2)c2cc(Cl)ccc2OC3(C)C)CC1. The van der Waals surface area contributed by atoms with Crippen LogP contribution < -0.4 is 10.1 Å². The molecule has 5 rings (SSSR count). The number of piperidine rings is 1. The van der Waals surface area contributed by atoms with Crippen LogP contribution in [0.15, 0.2) is 48.5 Å². The smallest absolute Gasteiger partial charge is 0.228 e. The number of likely N-dealkylation sites (tertiary alicyclic amines) is 1. The topological polar surface area (TPSA) is 88.1 Å². The van der Waals surface area contributed by atoms with Crippen LogP contribution in [0.3, 0.4) is 0 Å². The van der Waals surface area contributed by atoms with Crippen molar-refractivity contribution >= 4 is 23.4 Å². The molecule has 2 fully saturated rings. The third kappa shape index (κ3) is 7.11. The minimum absolute atomic E-state index is 0.00214. The van der Waals surface area contributed by atoms with Gasteiger partial charge in [-0.05, 0) is 88.5 Å². The molecule has 0 bridgehead atoms. The van der Waals surface area contributed by atoms with E-state index in [1.54, 1.807) is 0 Å². The second-order valence-electron chi connectivity index (χ2n) is 14.0. The van der Waals surface area contributed by atoms with Gasteiger partial charge in [0.15, 0.2) is 0 Å². The molecule has 0 saturated carbocycles. The maximum absolute atomic E-state index is 14.4. The van der Waals surface area contributed by atoms with Crippen molar-refractivity contribution in [2.24, 2.45) is 23.2 Å². The Labute approximate surface area is 267 Å². The minimum Gasteiger partial charge on any atom is -0.487 e. The normalized spacial score (nSPS) is 25.5. The summed E-state index contributed by atoms with van der Waals surface area (Å²) in [4.78, 5) is 29.7. The Morgan fingerprint density at radius 2 is 1.84 bits per heavy atom. The average Bonchev–Trinajstić information content (AvgIpc) is 3.02. The second kappa shape index (κ2) is 13.8. The van der Waals surface area contributed by atoms with Gasteiger partial charge in [-0.15, -0.1) is 0 Å². The highest BCUT2D eigenvalue weighted by Crippen LogP contribution is 2.53.